The van der Waals surface area contributed by atoms with E-state index in [1.165, 1.54) is 48.5 Å². The van der Waals surface area contributed by atoms with Gasteiger partial charge in [-0.3, -0.25) is 4.79 Å². The van der Waals surface area contributed by atoms with Gasteiger partial charge in [0.2, 0.25) is 6.10 Å². The van der Waals surface area contributed by atoms with E-state index in [9.17, 15) is 45.0 Å². The Hall–Kier alpha value is -5.39. The molecule has 0 radical (unpaired) electrons. The van der Waals surface area contributed by atoms with Crippen LogP contribution in [-0.4, -0.2) is 61.8 Å². The van der Waals surface area contributed by atoms with Crippen LogP contribution in [0.25, 0.3) is 6.08 Å². The number of carbonyl (C=O) groups excluding carboxylic acids is 2. The number of ether oxygens (including phenoxy) is 3. The molecule has 12 heteroatoms. The molecule has 0 bridgehead atoms. The summed E-state index contributed by atoms with van der Waals surface area (Å²) in [5.74, 6) is -6.46. The van der Waals surface area contributed by atoms with Crippen molar-refractivity contribution < 1.29 is 59.2 Å². The van der Waals surface area contributed by atoms with Gasteiger partial charge in [0.15, 0.2) is 34.5 Å². The largest absolute Gasteiger partial charge is 0.504 e. The maximum atomic E-state index is 12.8. The van der Waals surface area contributed by atoms with E-state index in [2.05, 4.69) is 0 Å². The number of hydrogen-bond donors (Lipinski definition) is 6. The van der Waals surface area contributed by atoms with Crippen molar-refractivity contribution in [2.75, 3.05) is 7.11 Å². The minimum absolute atomic E-state index is 0.0703. The van der Waals surface area contributed by atoms with Gasteiger partial charge in [-0.1, -0.05) is 18.2 Å². The number of rotatable bonds is 8. The van der Waals surface area contributed by atoms with Crippen LogP contribution in [0.3, 0.4) is 0 Å². The molecule has 3 unspecified atom stereocenters. The Bertz CT molecular complexity index is 1510. The number of hydrogen-bond acceptors (Lipinski definition) is 11. The third-order valence-corrected chi connectivity index (χ3v) is 6.24. The van der Waals surface area contributed by atoms with Gasteiger partial charge in [-0.25, -0.2) is 9.59 Å². The summed E-state index contributed by atoms with van der Waals surface area (Å²) in [5.41, 5.74) is 1.00. The smallest absolute Gasteiger partial charge is 0.345 e. The number of phenolic OH excluding ortho intramolecular Hbond substituents is 5. The van der Waals surface area contributed by atoms with Crippen LogP contribution in [0.2, 0.25) is 0 Å². The van der Waals surface area contributed by atoms with E-state index in [4.69, 9.17) is 14.2 Å². The Morgan fingerprint density at radius 1 is 0.900 bits per heavy atom. The molecular formula is C28H24O12. The SMILES string of the molecule is COC(=O)C1c2c(C=CC(=O)OC(Cc3ccc(O)c(O)c3)C(=O)O)ccc(O)c2OC1c1ccc(O)c(O)c1. The molecule has 12 nitrogen and oxygen atoms in total. The summed E-state index contributed by atoms with van der Waals surface area (Å²) in [6.07, 6.45) is -0.798. The molecule has 208 valence electrons. The van der Waals surface area contributed by atoms with E-state index in [0.29, 0.717) is 11.1 Å². The third-order valence-electron chi connectivity index (χ3n) is 6.24. The van der Waals surface area contributed by atoms with E-state index >= 15 is 0 Å². The van der Waals surface area contributed by atoms with E-state index < -0.39 is 53.3 Å². The zero-order chi connectivity index (χ0) is 29.1. The van der Waals surface area contributed by atoms with Crippen molar-refractivity contribution >= 4 is 24.0 Å². The highest BCUT2D eigenvalue weighted by Crippen LogP contribution is 2.52. The normalized spacial score (nSPS) is 16.6. The van der Waals surface area contributed by atoms with Crippen LogP contribution in [0, 0.1) is 0 Å². The van der Waals surface area contributed by atoms with Crippen LogP contribution in [-0.2, 0) is 30.3 Å². The molecule has 0 saturated heterocycles. The van der Waals surface area contributed by atoms with Crippen molar-refractivity contribution in [1.29, 1.82) is 0 Å². The molecular weight excluding hydrogens is 528 g/mol. The van der Waals surface area contributed by atoms with Gasteiger partial charge in [0.1, 0.15) is 12.0 Å². The van der Waals surface area contributed by atoms with Gasteiger partial charge in [-0.15, -0.1) is 0 Å². The average Bonchev–Trinajstić information content (AvgIpc) is 3.33. The predicted molar refractivity (Wildman–Crippen MR) is 136 cm³/mol. The summed E-state index contributed by atoms with van der Waals surface area (Å²) in [6, 6.07) is 10.2. The fourth-order valence-electron chi connectivity index (χ4n) is 4.31. The van der Waals surface area contributed by atoms with Crippen molar-refractivity contribution in [2.45, 2.75) is 24.5 Å². The van der Waals surface area contributed by atoms with Gasteiger partial charge in [0, 0.05) is 18.1 Å². The summed E-state index contributed by atoms with van der Waals surface area (Å²) in [4.78, 5) is 37.1. The van der Waals surface area contributed by atoms with Crippen molar-refractivity contribution in [3.05, 3.63) is 76.9 Å². The van der Waals surface area contributed by atoms with Gasteiger partial charge in [0.25, 0.3) is 0 Å². The first-order valence-corrected chi connectivity index (χ1v) is 11.7. The summed E-state index contributed by atoms with van der Waals surface area (Å²) < 4.78 is 15.9. The van der Waals surface area contributed by atoms with E-state index in [1.54, 1.807) is 0 Å². The van der Waals surface area contributed by atoms with E-state index in [0.717, 1.165) is 19.3 Å². The van der Waals surface area contributed by atoms with Crippen LogP contribution < -0.4 is 4.74 Å². The summed E-state index contributed by atoms with van der Waals surface area (Å²) in [6.45, 7) is 0. The number of phenols is 5. The van der Waals surface area contributed by atoms with Crippen LogP contribution in [0.1, 0.15) is 34.3 Å². The molecule has 3 aromatic rings. The number of carboxylic acids is 1. The third kappa shape index (κ3) is 5.55. The molecule has 0 saturated carbocycles. The van der Waals surface area contributed by atoms with Gasteiger partial charge in [-0.2, -0.15) is 0 Å². The number of carbonyl (C=O) groups is 3. The molecule has 0 spiro atoms. The first-order chi connectivity index (χ1) is 19.0. The van der Waals surface area contributed by atoms with Crippen molar-refractivity contribution in [2.24, 2.45) is 0 Å². The lowest BCUT2D eigenvalue weighted by atomic mass is 9.87. The Morgan fingerprint density at radius 3 is 2.17 bits per heavy atom. The molecule has 0 fully saturated rings. The molecule has 1 heterocycles. The summed E-state index contributed by atoms with van der Waals surface area (Å²) in [7, 11) is 1.15. The van der Waals surface area contributed by atoms with Gasteiger partial charge in [0.05, 0.1) is 7.11 Å². The molecule has 0 aliphatic carbocycles. The number of carboxylic acid groups (broad SMARTS) is 1. The Morgan fingerprint density at radius 2 is 1.55 bits per heavy atom. The highest BCUT2D eigenvalue weighted by molar-refractivity contribution is 5.91. The molecule has 0 amide bonds. The van der Waals surface area contributed by atoms with Gasteiger partial charge < -0.3 is 44.8 Å². The van der Waals surface area contributed by atoms with Crippen LogP contribution in [0.4, 0.5) is 0 Å². The number of aromatic hydroxyl groups is 5. The minimum Gasteiger partial charge on any atom is -0.504 e. The van der Waals surface area contributed by atoms with Gasteiger partial charge in [-0.05, 0) is 53.1 Å². The number of aliphatic carboxylic acids is 1. The second-order valence-corrected chi connectivity index (χ2v) is 8.83. The lowest BCUT2D eigenvalue weighted by Crippen LogP contribution is -2.28. The van der Waals surface area contributed by atoms with Crippen molar-refractivity contribution in [3.8, 4) is 34.5 Å². The predicted octanol–water partition coefficient (Wildman–Crippen LogP) is 2.86. The highest BCUT2D eigenvalue weighted by Gasteiger charge is 2.44. The lowest BCUT2D eigenvalue weighted by Gasteiger charge is -2.18. The Balaban J connectivity index is 1.61. The monoisotopic (exact) mass is 552 g/mol. The maximum Gasteiger partial charge on any atom is 0.345 e. The van der Waals surface area contributed by atoms with E-state index in [-0.39, 0.29) is 34.8 Å². The van der Waals surface area contributed by atoms with Crippen molar-refractivity contribution in [1.82, 2.24) is 0 Å². The highest BCUT2D eigenvalue weighted by atomic mass is 16.6. The Kier molecular flexibility index (Phi) is 7.71. The molecule has 3 atom stereocenters. The van der Waals surface area contributed by atoms with E-state index in [1.807, 2.05) is 0 Å². The Labute approximate surface area is 226 Å². The summed E-state index contributed by atoms with van der Waals surface area (Å²) in [5, 5.41) is 58.6. The molecule has 3 aromatic carbocycles. The first-order valence-electron chi connectivity index (χ1n) is 11.7. The number of esters is 2. The lowest BCUT2D eigenvalue weighted by molar-refractivity contribution is -0.160. The molecule has 40 heavy (non-hydrogen) atoms. The second-order valence-electron chi connectivity index (χ2n) is 8.83. The van der Waals surface area contributed by atoms with Crippen LogP contribution in [0.15, 0.2) is 54.6 Å². The minimum atomic E-state index is -1.62. The topological polar surface area (TPSA) is 200 Å². The standard InChI is InChI=1S/C28H24O12/c1-38-28(37)24-23-14(3-8-18(31)26(23)40-25(24)15-4-7-17(30)20(33)12-15)5-9-22(34)39-21(27(35)36)11-13-2-6-16(29)19(32)10-13/h2-10,12,21,24-25,29-33H,11H2,1H3,(H,35,36). The molecule has 1 aliphatic rings. The van der Waals surface area contributed by atoms with Crippen LogP contribution >= 0.6 is 0 Å². The van der Waals surface area contributed by atoms with Crippen molar-refractivity contribution in [3.63, 3.8) is 0 Å². The van der Waals surface area contributed by atoms with Gasteiger partial charge >= 0.3 is 17.9 Å². The second kappa shape index (κ2) is 11.2. The average molecular weight is 552 g/mol. The van der Waals surface area contributed by atoms with Crippen LogP contribution in [0.5, 0.6) is 34.5 Å². The zero-order valence-corrected chi connectivity index (χ0v) is 20.8. The quantitative estimate of drug-likeness (QED) is 0.136. The molecule has 1 aliphatic heterocycles. The zero-order valence-electron chi connectivity index (χ0n) is 20.8. The first kappa shape index (κ1) is 27.6. The number of benzene rings is 3. The fourth-order valence-corrected chi connectivity index (χ4v) is 4.31. The molecule has 6 N–H and O–H groups in total. The maximum absolute atomic E-state index is 12.8. The summed E-state index contributed by atoms with van der Waals surface area (Å²) >= 11 is 0. The fraction of sp³-hybridized carbons (Fsp3) is 0.179. The molecule has 0 aromatic heterocycles. The number of methoxy groups -OCH3 is 1. The number of fused-ring (bicyclic) bond motifs is 1. The molecule has 4 rings (SSSR count).